The summed E-state index contributed by atoms with van der Waals surface area (Å²) < 4.78 is 29.1. The van der Waals surface area contributed by atoms with E-state index in [9.17, 15) is 13.2 Å². The van der Waals surface area contributed by atoms with Gasteiger partial charge in [0.2, 0.25) is 0 Å². The van der Waals surface area contributed by atoms with Crippen molar-refractivity contribution in [2.45, 2.75) is 30.8 Å². The number of carbonyl (C=O) groups is 1. The zero-order chi connectivity index (χ0) is 17.5. The van der Waals surface area contributed by atoms with Crippen molar-refractivity contribution in [2.75, 3.05) is 11.6 Å². The molecule has 0 radical (unpaired) electrons. The molecule has 0 saturated carbocycles. The zero-order valence-corrected chi connectivity index (χ0v) is 14.6. The van der Waals surface area contributed by atoms with E-state index in [1.807, 2.05) is 19.1 Å². The Morgan fingerprint density at radius 1 is 1.12 bits per heavy atom. The lowest BCUT2D eigenvalue weighted by Gasteiger charge is -2.10. The van der Waals surface area contributed by atoms with Crippen molar-refractivity contribution < 1.29 is 17.9 Å². The van der Waals surface area contributed by atoms with Gasteiger partial charge in [-0.1, -0.05) is 25.1 Å². The maximum Gasteiger partial charge on any atom is 0.259 e. The largest absolute Gasteiger partial charge is 0.489 e. The van der Waals surface area contributed by atoms with Crippen molar-refractivity contribution in [3.8, 4) is 5.75 Å². The summed E-state index contributed by atoms with van der Waals surface area (Å²) in [6.45, 7) is 4.04. The quantitative estimate of drug-likeness (QED) is 0.927. The van der Waals surface area contributed by atoms with E-state index in [0.717, 1.165) is 11.8 Å². The molecule has 2 aromatic rings. The van der Waals surface area contributed by atoms with Gasteiger partial charge in [-0.2, -0.15) is 0 Å². The van der Waals surface area contributed by atoms with Crippen LogP contribution in [0.15, 0.2) is 47.4 Å². The van der Waals surface area contributed by atoms with Crippen molar-refractivity contribution in [2.24, 2.45) is 0 Å². The third-order valence-electron chi connectivity index (χ3n) is 4.31. The van der Waals surface area contributed by atoms with Gasteiger partial charge in [-0.25, -0.2) is 8.42 Å². The number of para-hydroxylation sites is 1. The fourth-order valence-corrected chi connectivity index (χ4v) is 3.43. The Bertz CT molecular complexity index is 905. The number of hydrogen-bond donors (Lipinski definition) is 1. The van der Waals surface area contributed by atoms with E-state index in [1.54, 1.807) is 18.2 Å². The Hall–Kier alpha value is -2.34. The Kier molecular flexibility index (Phi) is 4.09. The summed E-state index contributed by atoms with van der Waals surface area (Å²) in [5.74, 6) is 0.509. The maximum atomic E-state index is 12.6. The predicted molar refractivity (Wildman–Crippen MR) is 92.5 cm³/mol. The number of fused-ring (bicyclic) bond motifs is 1. The first-order chi connectivity index (χ1) is 11.3. The standard InChI is InChI=1S/C18H19NO4S/c1-11-12(2)23-17-15(11)8-5-9-16(17)18(20)19-13-6-4-7-14(10-13)24(3,21)22/h4-12H,1-3H3,(H,19,20)/t11-,12-/m1/s1. The molecule has 5 nitrogen and oxygen atoms in total. The van der Waals surface area contributed by atoms with Crippen molar-refractivity contribution in [1.82, 2.24) is 0 Å². The molecular formula is C18H19NO4S. The number of benzene rings is 2. The van der Waals surface area contributed by atoms with Crippen molar-refractivity contribution in [3.63, 3.8) is 0 Å². The number of rotatable bonds is 3. The van der Waals surface area contributed by atoms with E-state index in [1.165, 1.54) is 12.1 Å². The van der Waals surface area contributed by atoms with Crippen molar-refractivity contribution >= 4 is 21.4 Å². The molecule has 2 aromatic carbocycles. The second-order valence-electron chi connectivity index (χ2n) is 6.09. The van der Waals surface area contributed by atoms with Gasteiger partial charge in [-0.05, 0) is 31.2 Å². The van der Waals surface area contributed by atoms with E-state index in [2.05, 4.69) is 12.2 Å². The van der Waals surface area contributed by atoms with Gasteiger partial charge in [0.25, 0.3) is 5.91 Å². The zero-order valence-electron chi connectivity index (χ0n) is 13.7. The van der Waals surface area contributed by atoms with Gasteiger partial charge < -0.3 is 10.1 Å². The van der Waals surface area contributed by atoms with E-state index in [4.69, 9.17) is 4.74 Å². The smallest absolute Gasteiger partial charge is 0.259 e. The van der Waals surface area contributed by atoms with Crippen LogP contribution >= 0.6 is 0 Å². The van der Waals surface area contributed by atoms with Gasteiger partial charge >= 0.3 is 0 Å². The van der Waals surface area contributed by atoms with Crippen LogP contribution in [0.5, 0.6) is 5.75 Å². The van der Waals surface area contributed by atoms with Gasteiger partial charge in [0.15, 0.2) is 9.84 Å². The van der Waals surface area contributed by atoms with Crippen LogP contribution < -0.4 is 10.1 Å². The van der Waals surface area contributed by atoms with E-state index in [-0.39, 0.29) is 22.8 Å². The van der Waals surface area contributed by atoms with Crippen LogP contribution in [-0.2, 0) is 9.84 Å². The Morgan fingerprint density at radius 2 is 1.83 bits per heavy atom. The van der Waals surface area contributed by atoms with Gasteiger partial charge in [-0.3, -0.25) is 4.79 Å². The molecule has 1 heterocycles. The summed E-state index contributed by atoms with van der Waals surface area (Å²) in [6.07, 6.45) is 1.15. The third kappa shape index (κ3) is 3.01. The van der Waals surface area contributed by atoms with Gasteiger partial charge in [-0.15, -0.1) is 0 Å². The van der Waals surface area contributed by atoms with Gasteiger partial charge in [0.1, 0.15) is 11.9 Å². The van der Waals surface area contributed by atoms with Crippen molar-refractivity contribution in [3.05, 3.63) is 53.6 Å². The number of carbonyl (C=O) groups excluding carboxylic acids is 1. The molecule has 1 aliphatic heterocycles. The molecule has 1 aliphatic rings. The van der Waals surface area contributed by atoms with E-state index < -0.39 is 9.84 Å². The number of nitrogens with one attached hydrogen (secondary N) is 1. The first kappa shape index (κ1) is 16.5. The molecule has 0 bridgehead atoms. The van der Waals surface area contributed by atoms with E-state index in [0.29, 0.717) is 17.0 Å². The molecular weight excluding hydrogens is 326 g/mol. The minimum atomic E-state index is -3.33. The molecule has 1 amide bonds. The first-order valence-corrected chi connectivity index (χ1v) is 9.57. The molecule has 0 saturated heterocycles. The van der Waals surface area contributed by atoms with E-state index >= 15 is 0 Å². The lowest BCUT2D eigenvalue weighted by molar-refractivity contribution is 0.102. The third-order valence-corrected chi connectivity index (χ3v) is 5.42. The Morgan fingerprint density at radius 3 is 2.54 bits per heavy atom. The molecule has 2 atom stereocenters. The summed E-state index contributed by atoms with van der Waals surface area (Å²) in [5.41, 5.74) is 1.90. The Labute approximate surface area is 141 Å². The second kappa shape index (κ2) is 5.94. The maximum absolute atomic E-state index is 12.6. The molecule has 6 heteroatoms. The minimum Gasteiger partial charge on any atom is -0.489 e. The fourth-order valence-electron chi connectivity index (χ4n) is 2.77. The minimum absolute atomic E-state index is 0.0162. The first-order valence-electron chi connectivity index (χ1n) is 7.68. The molecule has 0 fully saturated rings. The number of ether oxygens (including phenoxy) is 1. The average molecular weight is 345 g/mol. The Balaban J connectivity index is 1.90. The monoisotopic (exact) mass is 345 g/mol. The molecule has 0 aromatic heterocycles. The van der Waals surface area contributed by atoms with Crippen LogP contribution in [0.2, 0.25) is 0 Å². The summed E-state index contributed by atoms with van der Waals surface area (Å²) in [6, 6.07) is 11.7. The molecule has 24 heavy (non-hydrogen) atoms. The van der Waals surface area contributed by atoms with Crippen molar-refractivity contribution in [1.29, 1.82) is 0 Å². The summed E-state index contributed by atoms with van der Waals surface area (Å²) >= 11 is 0. The van der Waals surface area contributed by atoms with Crippen LogP contribution in [0.25, 0.3) is 0 Å². The van der Waals surface area contributed by atoms with Crippen LogP contribution in [-0.4, -0.2) is 26.7 Å². The fraction of sp³-hybridized carbons (Fsp3) is 0.278. The predicted octanol–water partition coefficient (Wildman–Crippen LogP) is 3.23. The van der Waals surface area contributed by atoms with Gasteiger partial charge in [0.05, 0.1) is 10.5 Å². The highest BCUT2D eigenvalue weighted by atomic mass is 32.2. The highest BCUT2D eigenvalue weighted by molar-refractivity contribution is 7.90. The summed E-state index contributed by atoms with van der Waals surface area (Å²) in [5, 5.41) is 2.75. The highest BCUT2D eigenvalue weighted by Gasteiger charge is 2.31. The van der Waals surface area contributed by atoms with Crippen LogP contribution in [0.1, 0.15) is 35.7 Å². The average Bonchev–Trinajstić information content (AvgIpc) is 2.82. The van der Waals surface area contributed by atoms with Gasteiger partial charge in [0, 0.05) is 23.4 Å². The molecule has 0 unspecified atom stereocenters. The summed E-state index contributed by atoms with van der Waals surface area (Å²) in [4.78, 5) is 12.8. The topological polar surface area (TPSA) is 72.5 Å². The van der Waals surface area contributed by atoms with Crippen LogP contribution in [0.3, 0.4) is 0 Å². The lowest BCUT2D eigenvalue weighted by atomic mass is 9.97. The molecule has 126 valence electrons. The van der Waals surface area contributed by atoms with Crippen LogP contribution in [0, 0.1) is 0 Å². The number of hydrogen-bond acceptors (Lipinski definition) is 4. The number of sulfone groups is 1. The lowest BCUT2D eigenvalue weighted by Crippen LogP contribution is -2.14. The highest BCUT2D eigenvalue weighted by Crippen LogP contribution is 2.40. The number of anilines is 1. The molecule has 0 aliphatic carbocycles. The normalized spacial score (nSPS) is 19.5. The van der Waals surface area contributed by atoms with Crippen LogP contribution in [0.4, 0.5) is 5.69 Å². The SMILES string of the molecule is C[C@H]1Oc2c(C(=O)Nc3cccc(S(C)(=O)=O)c3)cccc2[C@@H]1C. The molecule has 0 spiro atoms. The summed E-state index contributed by atoms with van der Waals surface area (Å²) in [7, 11) is -3.33. The molecule has 3 rings (SSSR count). The number of amides is 1. The molecule has 1 N–H and O–H groups in total. The second-order valence-corrected chi connectivity index (χ2v) is 8.11.